The Morgan fingerprint density at radius 2 is 1.90 bits per heavy atom. The van der Waals surface area contributed by atoms with Crippen molar-refractivity contribution in [2.24, 2.45) is 5.92 Å². The van der Waals surface area contributed by atoms with Gasteiger partial charge in [0, 0.05) is 21.8 Å². The van der Waals surface area contributed by atoms with Crippen molar-refractivity contribution in [1.82, 2.24) is 19.7 Å². The lowest BCUT2D eigenvalue weighted by Gasteiger charge is -2.28. The Morgan fingerprint density at radius 1 is 1.10 bits per heavy atom. The van der Waals surface area contributed by atoms with Crippen LogP contribution in [0.3, 0.4) is 0 Å². The number of fused-ring (bicyclic) bond motifs is 2. The molecule has 4 aromatic rings. The molecule has 3 N–H and O–H groups in total. The van der Waals surface area contributed by atoms with Gasteiger partial charge < -0.3 is 10.3 Å². The minimum absolute atomic E-state index is 0.0274. The fraction of sp³-hybridized carbons (Fsp3) is 0.286. The van der Waals surface area contributed by atoms with E-state index in [4.69, 9.17) is 0 Å². The van der Waals surface area contributed by atoms with E-state index in [9.17, 15) is 9.59 Å². The number of aromatic amines is 2. The summed E-state index contributed by atoms with van der Waals surface area (Å²) >= 11 is 3.50. The van der Waals surface area contributed by atoms with E-state index in [1.807, 2.05) is 41.0 Å². The zero-order valence-corrected chi connectivity index (χ0v) is 17.2. The predicted octanol–water partition coefficient (Wildman–Crippen LogP) is 4.34. The van der Waals surface area contributed by atoms with Gasteiger partial charge in [0.25, 0.3) is 0 Å². The van der Waals surface area contributed by atoms with Crippen LogP contribution in [0.15, 0.2) is 51.9 Å². The van der Waals surface area contributed by atoms with Crippen LogP contribution in [0.1, 0.15) is 31.7 Å². The van der Waals surface area contributed by atoms with Gasteiger partial charge >= 0.3 is 5.69 Å². The number of amides is 1. The van der Waals surface area contributed by atoms with E-state index < -0.39 is 0 Å². The Morgan fingerprint density at radius 3 is 2.72 bits per heavy atom. The molecule has 7 nitrogen and oxygen atoms in total. The first-order chi connectivity index (χ1) is 14.1. The fourth-order valence-corrected chi connectivity index (χ4v) is 4.84. The Bertz CT molecular complexity index is 1260. The second-order valence-corrected chi connectivity index (χ2v) is 8.42. The van der Waals surface area contributed by atoms with E-state index in [0.29, 0.717) is 0 Å². The molecule has 29 heavy (non-hydrogen) atoms. The molecule has 0 saturated heterocycles. The standard InChI is InChI=1S/C21H20BrN5O2/c22-15-4-2-6-17-19(15)25-21(29)27(17)14-9-7-12(8-10-14)20(28)24-16-5-1-3-13-11-23-26-18(13)16/h1-6,11-12,14H,7-10H2,(H,23,26)(H,24,28)(H,25,29)/t12-,14+. The zero-order valence-electron chi connectivity index (χ0n) is 15.6. The lowest BCUT2D eigenvalue weighted by atomic mass is 9.85. The summed E-state index contributed by atoms with van der Waals surface area (Å²) in [5.41, 5.74) is 3.23. The highest BCUT2D eigenvalue weighted by Crippen LogP contribution is 2.35. The molecular formula is C21H20BrN5O2. The van der Waals surface area contributed by atoms with Crippen LogP contribution in [0.25, 0.3) is 21.9 Å². The number of hydrogen-bond donors (Lipinski definition) is 3. The molecule has 2 aromatic carbocycles. The van der Waals surface area contributed by atoms with E-state index in [1.54, 1.807) is 6.20 Å². The lowest BCUT2D eigenvalue weighted by Crippen LogP contribution is -2.31. The molecule has 0 radical (unpaired) electrons. The molecule has 1 aliphatic carbocycles. The number of para-hydroxylation sites is 2. The van der Waals surface area contributed by atoms with Gasteiger partial charge in [-0.2, -0.15) is 5.10 Å². The number of benzene rings is 2. The minimum atomic E-state index is -0.0919. The summed E-state index contributed by atoms with van der Waals surface area (Å²) in [5, 5.41) is 11.0. The first-order valence-corrected chi connectivity index (χ1v) is 10.5. The van der Waals surface area contributed by atoms with Crippen molar-refractivity contribution in [3.63, 3.8) is 0 Å². The van der Waals surface area contributed by atoms with Gasteiger partial charge in [0.2, 0.25) is 5.91 Å². The molecule has 2 heterocycles. The first-order valence-electron chi connectivity index (χ1n) is 9.73. The van der Waals surface area contributed by atoms with Crippen molar-refractivity contribution in [3.05, 3.63) is 57.6 Å². The summed E-state index contributed by atoms with van der Waals surface area (Å²) in [6, 6.07) is 11.7. The maximum atomic E-state index is 12.8. The second-order valence-electron chi connectivity index (χ2n) is 7.57. The van der Waals surface area contributed by atoms with Crippen LogP contribution < -0.4 is 11.0 Å². The van der Waals surface area contributed by atoms with Crippen LogP contribution in [-0.2, 0) is 4.79 Å². The van der Waals surface area contributed by atoms with Gasteiger partial charge in [-0.1, -0.05) is 18.2 Å². The second kappa shape index (κ2) is 7.18. The van der Waals surface area contributed by atoms with Crippen molar-refractivity contribution >= 4 is 49.5 Å². The average Bonchev–Trinajstić information content (AvgIpc) is 3.33. The molecule has 0 atom stereocenters. The number of nitrogens with one attached hydrogen (secondary N) is 3. The molecule has 0 spiro atoms. The number of carbonyl (C=O) groups excluding carboxylic acids is 1. The topological polar surface area (TPSA) is 95.6 Å². The number of anilines is 1. The van der Waals surface area contributed by atoms with E-state index in [2.05, 4.69) is 36.4 Å². The molecule has 8 heteroatoms. The minimum Gasteiger partial charge on any atom is -0.324 e. The summed E-state index contributed by atoms with van der Waals surface area (Å²) in [7, 11) is 0. The molecule has 1 aliphatic rings. The Hall–Kier alpha value is -2.87. The summed E-state index contributed by atoms with van der Waals surface area (Å²) in [5.74, 6) is -0.0309. The normalized spacial score (nSPS) is 19.6. The fourth-order valence-electron chi connectivity index (χ4n) is 4.38. The van der Waals surface area contributed by atoms with E-state index in [-0.39, 0.29) is 23.6 Å². The third kappa shape index (κ3) is 3.17. The number of H-pyrrole nitrogens is 2. The number of halogens is 1. The number of carbonyl (C=O) groups is 1. The van der Waals surface area contributed by atoms with Gasteiger partial charge in [-0.05, 0) is 59.8 Å². The molecule has 1 amide bonds. The van der Waals surface area contributed by atoms with Crippen LogP contribution in [-0.4, -0.2) is 25.7 Å². The van der Waals surface area contributed by atoms with Crippen molar-refractivity contribution in [1.29, 1.82) is 0 Å². The molecule has 1 fully saturated rings. The van der Waals surface area contributed by atoms with Crippen molar-refractivity contribution in [3.8, 4) is 0 Å². The summed E-state index contributed by atoms with van der Waals surface area (Å²) in [4.78, 5) is 28.3. The van der Waals surface area contributed by atoms with Crippen LogP contribution in [0.5, 0.6) is 0 Å². The largest absolute Gasteiger partial charge is 0.326 e. The van der Waals surface area contributed by atoms with Crippen LogP contribution in [0.4, 0.5) is 5.69 Å². The smallest absolute Gasteiger partial charge is 0.324 e. The summed E-state index contributed by atoms with van der Waals surface area (Å²) in [6.07, 6.45) is 4.84. The molecule has 2 aromatic heterocycles. The Balaban J connectivity index is 1.31. The van der Waals surface area contributed by atoms with Gasteiger partial charge in [0.1, 0.15) is 0 Å². The molecule has 0 aliphatic heterocycles. The van der Waals surface area contributed by atoms with Crippen molar-refractivity contribution < 1.29 is 4.79 Å². The highest BCUT2D eigenvalue weighted by Gasteiger charge is 2.29. The monoisotopic (exact) mass is 453 g/mol. The van der Waals surface area contributed by atoms with Gasteiger partial charge in [-0.25, -0.2) is 4.79 Å². The summed E-state index contributed by atoms with van der Waals surface area (Å²) < 4.78 is 2.73. The zero-order chi connectivity index (χ0) is 20.0. The Labute approximate surface area is 174 Å². The first kappa shape index (κ1) is 18.2. The van der Waals surface area contributed by atoms with Crippen LogP contribution >= 0.6 is 15.9 Å². The number of imidazole rings is 1. The molecule has 1 saturated carbocycles. The number of nitrogens with zero attached hydrogens (tertiary/aromatic N) is 2. The van der Waals surface area contributed by atoms with Gasteiger partial charge in [0.05, 0.1) is 28.4 Å². The van der Waals surface area contributed by atoms with E-state index in [0.717, 1.165) is 57.8 Å². The maximum absolute atomic E-state index is 12.8. The van der Waals surface area contributed by atoms with Gasteiger partial charge in [-0.15, -0.1) is 0 Å². The number of hydrogen-bond acceptors (Lipinski definition) is 3. The summed E-state index contributed by atoms with van der Waals surface area (Å²) in [6.45, 7) is 0. The molecule has 0 bridgehead atoms. The van der Waals surface area contributed by atoms with E-state index in [1.165, 1.54) is 0 Å². The molecule has 0 unspecified atom stereocenters. The van der Waals surface area contributed by atoms with Crippen LogP contribution in [0, 0.1) is 5.92 Å². The van der Waals surface area contributed by atoms with Crippen LogP contribution in [0.2, 0.25) is 0 Å². The van der Waals surface area contributed by atoms with Crippen molar-refractivity contribution in [2.75, 3.05) is 5.32 Å². The SMILES string of the molecule is O=c1[nH]c2c(Br)cccc2n1[C@H]1CC[C@@H](C(=O)Nc2cccc3cn[nH]c23)CC1. The highest BCUT2D eigenvalue weighted by atomic mass is 79.9. The quantitative estimate of drug-likeness (QED) is 0.430. The van der Waals surface area contributed by atoms with Gasteiger partial charge in [-0.3, -0.25) is 14.5 Å². The molecular weight excluding hydrogens is 434 g/mol. The van der Waals surface area contributed by atoms with E-state index >= 15 is 0 Å². The number of aromatic nitrogens is 4. The lowest BCUT2D eigenvalue weighted by molar-refractivity contribution is -0.120. The number of rotatable bonds is 3. The maximum Gasteiger partial charge on any atom is 0.326 e. The van der Waals surface area contributed by atoms with Crippen molar-refractivity contribution in [2.45, 2.75) is 31.7 Å². The molecule has 5 rings (SSSR count). The third-order valence-corrected chi connectivity index (χ3v) is 6.53. The third-order valence-electron chi connectivity index (χ3n) is 5.87. The molecule has 148 valence electrons. The predicted molar refractivity (Wildman–Crippen MR) is 116 cm³/mol. The average molecular weight is 454 g/mol. The Kier molecular flexibility index (Phi) is 4.50. The highest BCUT2D eigenvalue weighted by molar-refractivity contribution is 9.10. The van der Waals surface area contributed by atoms with Gasteiger partial charge in [0.15, 0.2) is 0 Å².